The maximum Gasteiger partial charge on any atom is 0.226 e. The molecule has 1 aliphatic carbocycles. The monoisotopic (exact) mass is 459 g/mol. The molecule has 8 heteroatoms. The van der Waals surface area contributed by atoms with Crippen LogP contribution in [0.25, 0.3) is 0 Å². The highest BCUT2D eigenvalue weighted by Gasteiger charge is 2.76. The van der Waals surface area contributed by atoms with E-state index in [1.165, 1.54) is 14.2 Å². The zero-order chi connectivity index (χ0) is 24.1. The van der Waals surface area contributed by atoms with Crippen molar-refractivity contribution in [2.45, 2.75) is 23.2 Å². The summed E-state index contributed by atoms with van der Waals surface area (Å²) >= 11 is 0. The molecule has 1 aliphatic heterocycles. The molecule has 2 aromatic carbocycles. The summed E-state index contributed by atoms with van der Waals surface area (Å²) in [4.78, 5) is 4.35. The van der Waals surface area contributed by atoms with Crippen molar-refractivity contribution in [1.82, 2.24) is 4.98 Å². The van der Waals surface area contributed by atoms with Crippen LogP contribution in [0.3, 0.4) is 0 Å². The van der Waals surface area contributed by atoms with Gasteiger partial charge in [-0.1, -0.05) is 42.5 Å². The van der Waals surface area contributed by atoms with Crippen LogP contribution in [0.15, 0.2) is 60.7 Å². The van der Waals surface area contributed by atoms with Gasteiger partial charge in [0.05, 0.1) is 37.5 Å². The third-order valence-electron chi connectivity index (χ3n) is 7.12. The highest BCUT2D eigenvalue weighted by molar-refractivity contribution is 5.60. The van der Waals surface area contributed by atoms with Gasteiger partial charge in [0.15, 0.2) is 11.2 Å². The van der Waals surface area contributed by atoms with Crippen LogP contribution in [-0.2, 0) is 11.2 Å². The van der Waals surface area contributed by atoms with E-state index in [1.54, 1.807) is 30.3 Å². The van der Waals surface area contributed by atoms with E-state index in [9.17, 15) is 15.5 Å². The minimum absolute atomic E-state index is 0.0934. The molecular weight excluding hydrogens is 434 g/mol. The fourth-order valence-corrected chi connectivity index (χ4v) is 5.72. The molecule has 0 bridgehead atoms. The van der Waals surface area contributed by atoms with Crippen molar-refractivity contribution in [3.05, 3.63) is 82.9 Å². The van der Waals surface area contributed by atoms with Gasteiger partial charge in [-0.25, -0.2) is 0 Å². The molecule has 5 atom stereocenters. The number of pyridine rings is 1. The first-order valence-corrected chi connectivity index (χ1v) is 10.9. The Morgan fingerprint density at radius 2 is 1.82 bits per heavy atom. The van der Waals surface area contributed by atoms with E-state index in [-0.39, 0.29) is 23.9 Å². The summed E-state index contributed by atoms with van der Waals surface area (Å²) in [6, 6.07) is 20.1. The Morgan fingerprint density at radius 3 is 2.41 bits per heavy atom. The SMILES string of the molecule is COc1cc2c(c(OC)n1)[C@]1(O)[C@H](O)[C@H](CN)[C@@H](c3ccccc3)[C@]1(c1ccc(C#N)cc1)O2. The maximum absolute atomic E-state index is 12.5. The molecule has 0 radical (unpaired) electrons. The summed E-state index contributed by atoms with van der Waals surface area (Å²) in [6.07, 6.45) is -1.30. The van der Waals surface area contributed by atoms with Crippen LogP contribution in [0.4, 0.5) is 0 Å². The molecule has 0 unspecified atom stereocenters. The zero-order valence-corrected chi connectivity index (χ0v) is 18.8. The standard InChI is InChI=1S/C26H25N3O5/c1-32-20-12-19-22(24(29-20)33-2)25(31)23(30)18(14-28)21(16-6-4-3-5-7-16)26(25,34-19)17-10-8-15(13-27)9-11-17/h3-12,18,21,23,30-31H,14,28H2,1-2H3/t18-,21-,23-,25+,26+/m1/s1. The molecule has 0 spiro atoms. The molecule has 0 amide bonds. The van der Waals surface area contributed by atoms with Gasteiger partial charge in [-0.3, -0.25) is 0 Å². The number of methoxy groups -OCH3 is 2. The van der Waals surface area contributed by atoms with E-state index >= 15 is 0 Å². The summed E-state index contributed by atoms with van der Waals surface area (Å²) in [7, 11) is 2.91. The van der Waals surface area contributed by atoms with Crippen LogP contribution >= 0.6 is 0 Å². The van der Waals surface area contributed by atoms with Gasteiger partial charge in [0.2, 0.25) is 11.8 Å². The molecule has 174 valence electrons. The summed E-state index contributed by atoms with van der Waals surface area (Å²) < 4.78 is 17.5. The van der Waals surface area contributed by atoms with Crippen molar-refractivity contribution >= 4 is 0 Å². The van der Waals surface area contributed by atoms with E-state index in [4.69, 9.17) is 19.9 Å². The lowest BCUT2D eigenvalue weighted by Crippen LogP contribution is -2.52. The van der Waals surface area contributed by atoms with Crippen LogP contribution in [0, 0.1) is 17.2 Å². The molecule has 1 saturated carbocycles. The number of hydrogen-bond donors (Lipinski definition) is 3. The van der Waals surface area contributed by atoms with E-state index in [0.29, 0.717) is 16.9 Å². The highest BCUT2D eigenvalue weighted by atomic mass is 16.5. The van der Waals surface area contributed by atoms with Crippen LogP contribution < -0.4 is 19.9 Å². The number of aromatic nitrogens is 1. The van der Waals surface area contributed by atoms with E-state index < -0.39 is 29.1 Å². The molecule has 5 rings (SSSR count). The molecule has 8 nitrogen and oxygen atoms in total. The average molecular weight is 460 g/mol. The number of nitriles is 1. The quantitative estimate of drug-likeness (QED) is 0.529. The van der Waals surface area contributed by atoms with Crippen LogP contribution in [0.5, 0.6) is 17.5 Å². The fourth-order valence-electron chi connectivity index (χ4n) is 5.72. The number of fused-ring (bicyclic) bond motifs is 3. The zero-order valence-electron chi connectivity index (χ0n) is 18.8. The Labute approximate surface area is 197 Å². The molecular formula is C26H25N3O5. The van der Waals surface area contributed by atoms with Gasteiger partial charge >= 0.3 is 0 Å². The number of hydrogen-bond acceptors (Lipinski definition) is 8. The maximum atomic E-state index is 12.5. The van der Waals surface area contributed by atoms with Crippen molar-refractivity contribution in [2.75, 3.05) is 20.8 Å². The number of aliphatic hydroxyl groups is 2. The Morgan fingerprint density at radius 1 is 1.12 bits per heavy atom. The van der Waals surface area contributed by atoms with Gasteiger partial charge < -0.3 is 30.2 Å². The lowest BCUT2D eigenvalue weighted by molar-refractivity contribution is -0.152. The smallest absolute Gasteiger partial charge is 0.226 e. The molecule has 2 heterocycles. The molecule has 4 N–H and O–H groups in total. The Kier molecular flexibility index (Phi) is 5.21. The number of benzene rings is 2. The van der Waals surface area contributed by atoms with Crippen molar-refractivity contribution in [3.8, 4) is 23.6 Å². The normalized spacial score (nSPS) is 29.0. The average Bonchev–Trinajstić information content (AvgIpc) is 3.26. The Bertz CT molecular complexity index is 1260. The van der Waals surface area contributed by atoms with E-state index in [0.717, 1.165) is 5.56 Å². The molecule has 1 aromatic heterocycles. The third kappa shape index (κ3) is 2.72. The molecule has 0 saturated heterocycles. The Hall–Kier alpha value is -3.64. The van der Waals surface area contributed by atoms with E-state index in [1.807, 2.05) is 30.3 Å². The summed E-state index contributed by atoms with van der Waals surface area (Å²) in [5.74, 6) is -0.449. The second-order valence-corrected chi connectivity index (χ2v) is 8.57. The second kappa shape index (κ2) is 7.99. The fraction of sp³-hybridized carbons (Fsp3) is 0.308. The summed E-state index contributed by atoms with van der Waals surface area (Å²) in [5.41, 5.74) is 4.91. The first kappa shape index (κ1) is 22.2. The number of aliphatic hydroxyl groups excluding tert-OH is 1. The molecule has 1 fully saturated rings. The second-order valence-electron chi connectivity index (χ2n) is 8.57. The van der Waals surface area contributed by atoms with Crippen molar-refractivity contribution in [2.24, 2.45) is 11.7 Å². The van der Waals surface area contributed by atoms with Gasteiger partial charge in [-0.15, -0.1) is 0 Å². The number of rotatable bonds is 5. The number of nitrogens with zero attached hydrogens (tertiary/aromatic N) is 2. The largest absolute Gasteiger partial charge is 0.481 e. The summed E-state index contributed by atoms with van der Waals surface area (Å²) in [6.45, 7) is 0.103. The highest BCUT2D eigenvalue weighted by Crippen LogP contribution is 2.69. The van der Waals surface area contributed by atoms with Crippen LogP contribution in [-0.4, -0.2) is 42.1 Å². The predicted octanol–water partition coefficient (Wildman–Crippen LogP) is 2.18. The molecule has 34 heavy (non-hydrogen) atoms. The van der Waals surface area contributed by atoms with Gasteiger partial charge in [0, 0.05) is 17.9 Å². The van der Waals surface area contributed by atoms with E-state index in [2.05, 4.69) is 11.1 Å². The number of nitrogens with two attached hydrogens (primary N) is 1. The summed E-state index contributed by atoms with van der Waals surface area (Å²) in [5, 5.41) is 33.6. The van der Waals surface area contributed by atoms with Gasteiger partial charge in [-0.05, 0) is 29.8 Å². The third-order valence-corrected chi connectivity index (χ3v) is 7.12. The first-order chi connectivity index (χ1) is 16.5. The molecule has 3 aromatic rings. The topological polar surface area (TPSA) is 131 Å². The van der Waals surface area contributed by atoms with Crippen molar-refractivity contribution in [1.29, 1.82) is 5.26 Å². The lowest BCUT2D eigenvalue weighted by atomic mass is 9.70. The number of ether oxygens (including phenoxy) is 3. The van der Waals surface area contributed by atoms with Gasteiger partial charge in [0.1, 0.15) is 5.75 Å². The van der Waals surface area contributed by atoms with Gasteiger partial charge in [-0.2, -0.15) is 10.2 Å². The molecule has 2 aliphatic rings. The van der Waals surface area contributed by atoms with Crippen molar-refractivity contribution < 1.29 is 24.4 Å². The minimum atomic E-state index is -1.95. The predicted molar refractivity (Wildman–Crippen MR) is 122 cm³/mol. The lowest BCUT2D eigenvalue weighted by Gasteiger charge is -2.40. The van der Waals surface area contributed by atoms with Crippen LogP contribution in [0.1, 0.15) is 28.2 Å². The van der Waals surface area contributed by atoms with Gasteiger partial charge in [0.25, 0.3) is 0 Å². The minimum Gasteiger partial charge on any atom is -0.481 e. The van der Waals surface area contributed by atoms with Crippen LogP contribution in [0.2, 0.25) is 0 Å². The van der Waals surface area contributed by atoms with Crippen molar-refractivity contribution in [3.63, 3.8) is 0 Å². The first-order valence-electron chi connectivity index (χ1n) is 10.9. The Balaban J connectivity index is 1.86.